The SMILES string of the molecule is CC(/C=N\NC(=O)c1n[nH]c2c1CCCC2)=C\c1ccccc1. The van der Waals surface area contributed by atoms with E-state index in [0.717, 1.165) is 48.1 Å². The van der Waals surface area contributed by atoms with Crippen molar-refractivity contribution in [1.29, 1.82) is 0 Å². The minimum absolute atomic E-state index is 0.256. The highest BCUT2D eigenvalue weighted by Crippen LogP contribution is 2.21. The lowest BCUT2D eigenvalue weighted by molar-refractivity contribution is 0.0949. The zero-order chi connectivity index (χ0) is 16.1. The Bertz CT molecular complexity index is 744. The average molecular weight is 308 g/mol. The van der Waals surface area contributed by atoms with Gasteiger partial charge in [-0.05, 0) is 43.7 Å². The van der Waals surface area contributed by atoms with Crippen LogP contribution in [0.3, 0.4) is 0 Å². The summed E-state index contributed by atoms with van der Waals surface area (Å²) < 4.78 is 0. The summed E-state index contributed by atoms with van der Waals surface area (Å²) in [5, 5.41) is 11.1. The molecule has 5 nitrogen and oxygen atoms in total. The average Bonchev–Trinajstić information content (AvgIpc) is 3.00. The molecular formula is C18H20N4O. The van der Waals surface area contributed by atoms with Gasteiger partial charge in [-0.1, -0.05) is 36.4 Å². The van der Waals surface area contributed by atoms with Crippen LogP contribution in [0.25, 0.3) is 6.08 Å². The number of H-pyrrole nitrogens is 1. The summed E-state index contributed by atoms with van der Waals surface area (Å²) in [6.07, 6.45) is 7.78. The van der Waals surface area contributed by atoms with Gasteiger partial charge in [-0.3, -0.25) is 9.89 Å². The molecule has 23 heavy (non-hydrogen) atoms. The zero-order valence-corrected chi connectivity index (χ0v) is 13.2. The molecule has 0 radical (unpaired) electrons. The molecule has 118 valence electrons. The number of amides is 1. The van der Waals surface area contributed by atoms with Crippen LogP contribution in [0, 0.1) is 0 Å². The molecule has 1 aromatic carbocycles. The van der Waals surface area contributed by atoms with Crippen LogP contribution >= 0.6 is 0 Å². The number of aromatic nitrogens is 2. The fourth-order valence-corrected chi connectivity index (χ4v) is 2.76. The van der Waals surface area contributed by atoms with Crippen molar-refractivity contribution in [3.8, 4) is 0 Å². The first-order chi connectivity index (χ1) is 11.2. The Kier molecular flexibility index (Phi) is 4.66. The molecule has 2 N–H and O–H groups in total. The second kappa shape index (κ2) is 7.05. The quantitative estimate of drug-likeness (QED) is 0.673. The van der Waals surface area contributed by atoms with Gasteiger partial charge in [-0.2, -0.15) is 10.2 Å². The summed E-state index contributed by atoms with van der Waals surface area (Å²) >= 11 is 0. The Morgan fingerprint density at radius 2 is 2.04 bits per heavy atom. The summed E-state index contributed by atoms with van der Waals surface area (Å²) in [6, 6.07) is 9.99. The van der Waals surface area contributed by atoms with Gasteiger partial charge in [0.05, 0.1) is 6.21 Å². The van der Waals surface area contributed by atoms with Crippen molar-refractivity contribution in [1.82, 2.24) is 15.6 Å². The third-order valence-corrected chi connectivity index (χ3v) is 3.90. The lowest BCUT2D eigenvalue weighted by atomic mass is 9.96. The van der Waals surface area contributed by atoms with Crippen LogP contribution < -0.4 is 5.43 Å². The van der Waals surface area contributed by atoms with Gasteiger partial charge >= 0.3 is 0 Å². The van der Waals surface area contributed by atoms with E-state index in [1.54, 1.807) is 6.21 Å². The predicted octanol–water partition coefficient (Wildman–Crippen LogP) is 3.11. The highest BCUT2D eigenvalue weighted by molar-refractivity contribution is 5.95. The van der Waals surface area contributed by atoms with Crippen LogP contribution in [0.5, 0.6) is 0 Å². The van der Waals surface area contributed by atoms with Crippen LogP contribution in [0.15, 0.2) is 41.0 Å². The lowest BCUT2D eigenvalue weighted by Crippen LogP contribution is -2.20. The fourth-order valence-electron chi connectivity index (χ4n) is 2.76. The van der Waals surface area contributed by atoms with E-state index in [9.17, 15) is 4.79 Å². The van der Waals surface area contributed by atoms with Gasteiger partial charge in [0, 0.05) is 11.3 Å². The third-order valence-electron chi connectivity index (χ3n) is 3.90. The minimum atomic E-state index is -0.256. The summed E-state index contributed by atoms with van der Waals surface area (Å²) in [7, 11) is 0. The number of fused-ring (bicyclic) bond motifs is 1. The molecule has 0 unspecified atom stereocenters. The van der Waals surface area contributed by atoms with Gasteiger partial charge in [0.15, 0.2) is 5.69 Å². The van der Waals surface area contributed by atoms with Gasteiger partial charge in [0.25, 0.3) is 5.91 Å². The topological polar surface area (TPSA) is 70.1 Å². The maximum Gasteiger partial charge on any atom is 0.292 e. The summed E-state index contributed by atoms with van der Waals surface area (Å²) in [4.78, 5) is 12.2. The lowest BCUT2D eigenvalue weighted by Gasteiger charge is -2.10. The Labute approximate surface area is 135 Å². The Hall–Kier alpha value is -2.69. The number of benzene rings is 1. The first kappa shape index (κ1) is 15.2. The van der Waals surface area contributed by atoms with Crippen molar-refractivity contribution in [2.45, 2.75) is 32.6 Å². The van der Waals surface area contributed by atoms with Crippen molar-refractivity contribution in [3.63, 3.8) is 0 Å². The maximum absolute atomic E-state index is 12.2. The number of hydrazone groups is 1. The van der Waals surface area contributed by atoms with E-state index in [-0.39, 0.29) is 5.91 Å². The third kappa shape index (κ3) is 3.74. The molecule has 1 heterocycles. The molecule has 1 aliphatic rings. The number of carbonyl (C=O) groups excluding carboxylic acids is 1. The first-order valence-electron chi connectivity index (χ1n) is 7.87. The molecule has 0 fully saturated rings. The number of hydrogen-bond donors (Lipinski definition) is 2. The Morgan fingerprint density at radius 3 is 2.87 bits per heavy atom. The van der Waals surface area contributed by atoms with Crippen molar-refractivity contribution in [2.75, 3.05) is 0 Å². The highest BCUT2D eigenvalue weighted by atomic mass is 16.2. The van der Waals surface area contributed by atoms with Crippen molar-refractivity contribution in [3.05, 3.63) is 58.4 Å². The predicted molar refractivity (Wildman–Crippen MR) is 91.3 cm³/mol. The number of nitrogens with one attached hydrogen (secondary N) is 2. The molecule has 0 aliphatic heterocycles. The molecule has 0 atom stereocenters. The van der Waals surface area contributed by atoms with Crippen LogP contribution in [0.4, 0.5) is 0 Å². The van der Waals surface area contributed by atoms with E-state index in [4.69, 9.17) is 0 Å². The standard InChI is InChI=1S/C18H20N4O/c1-13(11-14-7-3-2-4-8-14)12-19-22-18(23)17-15-9-5-6-10-16(15)20-21-17/h2-4,7-8,11-12H,5-6,9-10H2,1H3,(H,20,21)(H,22,23)/b13-11+,19-12-. The van der Waals surface area contributed by atoms with Crippen molar-refractivity contribution >= 4 is 18.2 Å². The number of aromatic amines is 1. The molecule has 1 aliphatic carbocycles. The second-order valence-corrected chi connectivity index (χ2v) is 5.73. The van der Waals surface area contributed by atoms with Gasteiger partial charge in [-0.15, -0.1) is 0 Å². The van der Waals surface area contributed by atoms with Gasteiger partial charge < -0.3 is 0 Å². The van der Waals surface area contributed by atoms with Gasteiger partial charge in [0.1, 0.15) is 0 Å². The Morgan fingerprint density at radius 1 is 1.26 bits per heavy atom. The number of nitrogens with zero attached hydrogens (tertiary/aromatic N) is 2. The maximum atomic E-state index is 12.2. The van der Waals surface area contributed by atoms with E-state index in [1.807, 2.05) is 43.3 Å². The molecule has 2 aromatic rings. The van der Waals surface area contributed by atoms with E-state index < -0.39 is 0 Å². The fraction of sp³-hybridized carbons (Fsp3) is 0.278. The second-order valence-electron chi connectivity index (χ2n) is 5.73. The number of allylic oxidation sites excluding steroid dienone is 1. The van der Waals surface area contributed by atoms with Crippen LogP contribution in [0.2, 0.25) is 0 Å². The van der Waals surface area contributed by atoms with Crippen molar-refractivity contribution < 1.29 is 4.79 Å². The molecule has 5 heteroatoms. The first-order valence-corrected chi connectivity index (χ1v) is 7.87. The van der Waals surface area contributed by atoms with Crippen LogP contribution in [-0.2, 0) is 12.8 Å². The largest absolute Gasteiger partial charge is 0.292 e. The number of rotatable bonds is 4. The summed E-state index contributed by atoms with van der Waals surface area (Å²) in [6.45, 7) is 1.94. The normalized spacial score (nSPS) is 14.7. The smallest absolute Gasteiger partial charge is 0.281 e. The minimum Gasteiger partial charge on any atom is -0.281 e. The molecule has 0 bridgehead atoms. The van der Waals surface area contributed by atoms with Crippen molar-refractivity contribution in [2.24, 2.45) is 5.10 Å². The van der Waals surface area contributed by atoms with Crippen LogP contribution in [-0.4, -0.2) is 22.3 Å². The van der Waals surface area contributed by atoms with Gasteiger partial charge in [0.2, 0.25) is 0 Å². The molecule has 1 amide bonds. The summed E-state index contributed by atoms with van der Waals surface area (Å²) in [5.41, 5.74) is 7.22. The number of hydrogen-bond acceptors (Lipinski definition) is 3. The van der Waals surface area contributed by atoms with E-state index in [0.29, 0.717) is 5.69 Å². The highest BCUT2D eigenvalue weighted by Gasteiger charge is 2.21. The van der Waals surface area contributed by atoms with Crippen LogP contribution in [0.1, 0.15) is 47.1 Å². The van der Waals surface area contributed by atoms with Gasteiger partial charge in [-0.25, -0.2) is 5.43 Å². The molecular weight excluding hydrogens is 288 g/mol. The molecule has 0 saturated heterocycles. The molecule has 1 aromatic heterocycles. The summed E-state index contributed by atoms with van der Waals surface area (Å²) in [5.74, 6) is -0.256. The molecule has 0 spiro atoms. The van der Waals surface area contributed by atoms with E-state index in [1.165, 1.54) is 0 Å². The number of aryl methyl sites for hydroxylation is 1. The Balaban J connectivity index is 1.63. The zero-order valence-electron chi connectivity index (χ0n) is 13.2. The van der Waals surface area contributed by atoms with E-state index >= 15 is 0 Å². The molecule has 0 saturated carbocycles. The number of carbonyl (C=O) groups is 1. The monoisotopic (exact) mass is 308 g/mol. The van der Waals surface area contributed by atoms with E-state index in [2.05, 4.69) is 20.7 Å². The molecule has 3 rings (SSSR count).